The summed E-state index contributed by atoms with van der Waals surface area (Å²) in [6.07, 6.45) is 1.21. The molecular weight excluding hydrogens is 218 g/mol. The van der Waals surface area contributed by atoms with Crippen LogP contribution < -0.4 is 5.32 Å². The summed E-state index contributed by atoms with van der Waals surface area (Å²) in [7, 11) is 0. The van der Waals surface area contributed by atoms with Gasteiger partial charge in [0.1, 0.15) is 0 Å². The molecule has 88 valence electrons. The molecule has 1 amide bonds. The lowest BCUT2D eigenvalue weighted by atomic mass is 10.1. The van der Waals surface area contributed by atoms with Crippen molar-refractivity contribution in [3.63, 3.8) is 0 Å². The third kappa shape index (κ3) is 4.36. The van der Waals surface area contributed by atoms with Gasteiger partial charge in [0.2, 0.25) is 0 Å². The van der Waals surface area contributed by atoms with Gasteiger partial charge in [0.05, 0.1) is 19.8 Å². The SMILES string of the molecule is CCC(CCCl)NC(=O)C1COCCO1. The summed E-state index contributed by atoms with van der Waals surface area (Å²) >= 11 is 5.64. The number of alkyl halides is 1. The first-order valence-corrected chi connectivity index (χ1v) is 5.87. The van der Waals surface area contributed by atoms with E-state index < -0.39 is 6.10 Å². The van der Waals surface area contributed by atoms with E-state index in [1.54, 1.807) is 0 Å². The summed E-state index contributed by atoms with van der Waals surface area (Å²) in [6.45, 7) is 3.44. The molecule has 1 aliphatic rings. The molecule has 0 aromatic heterocycles. The van der Waals surface area contributed by atoms with E-state index in [0.29, 0.717) is 25.7 Å². The molecule has 0 aliphatic carbocycles. The number of hydrogen-bond acceptors (Lipinski definition) is 3. The van der Waals surface area contributed by atoms with Crippen molar-refractivity contribution in [1.29, 1.82) is 0 Å². The monoisotopic (exact) mass is 235 g/mol. The van der Waals surface area contributed by atoms with Crippen molar-refractivity contribution in [1.82, 2.24) is 5.32 Å². The first-order chi connectivity index (χ1) is 7.27. The Morgan fingerprint density at radius 2 is 2.40 bits per heavy atom. The van der Waals surface area contributed by atoms with E-state index in [4.69, 9.17) is 21.1 Å². The van der Waals surface area contributed by atoms with Gasteiger partial charge >= 0.3 is 0 Å². The molecule has 2 atom stereocenters. The second-order valence-electron chi connectivity index (χ2n) is 3.53. The molecule has 1 rings (SSSR count). The van der Waals surface area contributed by atoms with Crippen molar-refractivity contribution >= 4 is 17.5 Å². The molecule has 0 bridgehead atoms. The summed E-state index contributed by atoms with van der Waals surface area (Å²) in [5, 5.41) is 2.91. The standard InChI is InChI=1S/C10H18ClNO3/c1-2-8(3-4-11)12-10(13)9-7-14-5-6-15-9/h8-9H,2-7H2,1H3,(H,12,13). The smallest absolute Gasteiger partial charge is 0.251 e. The lowest BCUT2D eigenvalue weighted by Crippen LogP contribution is -2.46. The second-order valence-corrected chi connectivity index (χ2v) is 3.90. The van der Waals surface area contributed by atoms with Crippen molar-refractivity contribution < 1.29 is 14.3 Å². The van der Waals surface area contributed by atoms with E-state index in [-0.39, 0.29) is 11.9 Å². The van der Waals surface area contributed by atoms with E-state index in [0.717, 1.165) is 12.8 Å². The number of carbonyl (C=O) groups is 1. The minimum Gasteiger partial charge on any atom is -0.376 e. The van der Waals surface area contributed by atoms with Crippen molar-refractivity contribution in [2.45, 2.75) is 31.9 Å². The molecule has 1 N–H and O–H groups in total. The number of rotatable bonds is 5. The second kappa shape index (κ2) is 7.04. The first kappa shape index (κ1) is 12.7. The van der Waals surface area contributed by atoms with Gasteiger partial charge in [-0.1, -0.05) is 6.92 Å². The predicted octanol–water partition coefficient (Wildman–Crippen LogP) is 0.925. The molecule has 5 heteroatoms. The van der Waals surface area contributed by atoms with Gasteiger partial charge in [-0.15, -0.1) is 11.6 Å². The zero-order valence-electron chi connectivity index (χ0n) is 9.00. The van der Waals surface area contributed by atoms with Crippen LogP contribution in [-0.2, 0) is 14.3 Å². The molecule has 1 saturated heterocycles. The van der Waals surface area contributed by atoms with Gasteiger partial charge in [-0.2, -0.15) is 0 Å². The van der Waals surface area contributed by atoms with E-state index >= 15 is 0 Å². The highest BCUT2D eigenvalue weighted by Crippen LogP contribution is 2.04. The first-order valence-electron chi connectivity index (χ1n) is 5.33. The summed E-state index contributed by atoms with van der Waals surface area (Å²) in [6, 6.07) is 0.139. The fourth-order valence-electron chi connectivity index (χ4n) is 1.44. The molecule has 4 nitrogen and oxygen atoms in total. The number of halogens is 1. The number of ether oxygens (including phenoxy) is 2. The molecule has 15 heavy (non-hydrogen) atoms. The molecule has 0 radical (unpaired) electrons. The summed E-state index contributed by atoms with van der Waals surface area (Å²) in [5.41, 5.74) is 0. The van der Waals surface area contributed by atoms with Gasteiger partial charge in [0.25, 0.3) is 5.91 Å². The predicted molar refractivity (Wildman–Crippen MR) is 58.1 cm³/mol. The fourth-order valence-corrected chi connectivity index (χ4v) is 1.71. The van der Waals surface area contributed by atoms with Crippen LogP contribution in [0, 0.1) is 0 Å². The fraction of sp³-hybridized carbons (Fsp3) is 0.900. The largest absolute Gasteiger partial charge is 0.376 e. The van der Waals surface area contributed by atoms with Crippen LogP contribution in [0.5, 0.6) is 0 Å². The zero-order chi connectivity index (χ0) is 11.1. The normalized spacial score (nSPS) is 23.5. The number of carbonyl (C=O) groups excluding carboxylic acids is 1. The molecule has 2 unspecified atom stereocenters. The average molecular weight is 236 g/mol. The van der Waals surface area contributed by atoms with Gasteiger partial charge in [-0.25, -0.2) is 0 Å². The van der Waals surface area contributed by atoms with E-state index in [1.807, 2.05) is 6.92 Å². The summed E-state index contributed by atoms with van der Waals surface area (Å²) in [5.74, 6) is 0.465. The van der Waals surface area contributed by atoms with E-state index in [1.165, 1.54) is 0 Å². The quantitative estimate of drug-likeness (QED) is 0.721. The minimum absolute atomic E-state index is 0.0910. The Bertz CT molecular complexity index is 195. The van der Waals surface area contributed by atoms with E-state index in [2.05, 4.69) is 5.32 Å². The van der Waals surface area contributed by atoms with Crippen molar-refractivity contribution in [3.8, 4) is 0 Å². The Morgan fingerprint density at radius 1 is 1.60 bits per heavy atom. The topological polar surface area (TPSA) is 47.6 Å². The number of nitrogens with one attached hydrogen (secondary N) is 1. The Balaban J connectivity index is 2.31. The third-order valence-corrected chi connectivity index (χ3v) is 2.62. The third-order valence-electron chi connectivity index (χ3n) is 2.41. The molecule has 0 saturated carbocycles. The van der Waals surface area contributed by atoms with E-state index in [9.17, 15) is 4.79 Å². The van der Waals surface area contributed by atoms with Crippen molar-refractivity contribution in [3.05, 3.63) is 0 Å². The molecule has 1 heterocycles. The van der Waals surface area contributed by atoms with Crippen LogP contribution in [0.1, 0.15) is 19.8 Å². The number of hydrogen-bond donors (Lipinski definition) is 1. The van der Waals surface area contributed by atoms with Crippen LogP contribution in [0.3, 0.4) is 0 Å². The highest BCUT2D eigenvalue weighted by atomic mass is 35.5. The van der Waals surface area contributed by atoms with Crippen LogP contribution in [0.15, 0.2) is 0 Å². The van der Waals surface area contributed by atoms with Gasteiger partial charge in [-0.3, -0.25) is 4.79 Å². The molecular formula is C10H18ClNO3. The maximum absolute atomic E-state index is 11.7. The van der Waals surface area contributed by atoms with Crippen LogP contribution in [0.4, 0.5) is 0 Å². The van der Waals surface area contributed by atoms with Crippen molar-refractivity contribution in [2.24, 2.45) is 0 Å². The van der Waals surface area contributed by atoms with Gasteiger partial charge < -0.3 is 14.8 Å². The zero-order valence-corrected chi connectivity index (χ0v) is 9.76. The number of amides is 1. The summed E-state index contributed by atoms with van der Waals surface area (Å²) < 4.78 is 10.5. The molecule has 1 fully saturated rings. The van der Waals surface area contributed by atoms with Crippen LogP contribution in [0.2, 0.25) is 0 Å². The molecule has 0 aromatic carbocycles. The minimum atomic E-state index is -0.455. The Hall–Kier alpha value is -0.320. The van der Waals surface area contributed by atoms with Crippen LogP contribution in [-0.4, -0.2) is 43.8 Å². The average Bonchev–Trinajstić information content (AvgIpc) is 2.29. The lowest BCUT2D eigenvalue weighted by molar-refractivity contribution is -0.148. The highest BCUT2D eigenvalue weighted by Gasteiger charge is 2.23. The van der Waals surface area contributed by atoms with Gasteiger partial charge in [0, 0.05) is 11.9 Å². The molecule has 0 aromatic rings. The van der Waals surface area contributed by atoms with Crippen LogP contribution in [0.25, 0.3) is 0 Å². The van der Waals surface area contributed by atoms with Gasteiger partial charge in [0.15, 0.2) is 6.10 Å². The molecule has 1 aliphatic heterocycles. The highest BCUT2D eigenvalue weighted by molar-refractivity contribution is 6.17. The Kier molecular flexibility index (Phi) is 5.98. The lowest BCUT2D eigenvalue weighted by Gasteiger charge is -2.24. The molecule has 0 spiro atoms. The maximum atomic E-state index is 11.7. The van der Waals surface area contributed by atoms with Crippen molar-refractivity contribution in [2.75, 3.05) is 25.7 Å². The summed E-state index contributed by atoms with van der Waals surface area (Å²) in [4.78, 5) is 11.7. The van der Waals surface area contributed by atoms with Gasteiger partial charge in [-0.05, 0) is 12.8 Å². The Morgan fingerprint density at radius 3 is 2.93 bits per heavy atom. The maximum Gasteiger partial charge on any atom is 0.251 e. The van der Waals surface area contributed by atoms with Crippen LogP contribution >= 0.6 is 11.6 Å². The Labute approximate surface area is 95.3 Å².